The number of methoxy groups -OCH3 is 1. The van der Waals surface area contributed by atoms with Crippen molar-refractivity contribution in [3.8, 4) is 11.5 Å². The maximum Gasteiger partial charge on any atom is 0.482 e. The van der Waals surface area contributed by atoms with E-state index in [0.29, 0.717) is 5.56 Å². The molecule has 0 bridgehead atoms. The van der Waals surface area contributed by atoms with Gasteiger partial charge in [0.1, 0.15) is 10.6 Å². The van der Waals surface area contributed by atoms with Crippen LogP contribution in [0.15, 0.2) is 41.4 Å². The third kappa shape index (κ3) is 4.90. The van der Waals surface area contributed by atoms with Crippen molar-refractivity contribution in [1.29, 1.82) is 0 Å². The quantitative estimate of drug-likeness (QED) is 0.391. The summed E-state index contributed by atoms with van der Waals surface area (Å²) in [5, 5.41) is 12.7. The normalized spacial score (nSPS) is 14.4. The predicted molar refractivity (Wildman–Crippen MR) is 118 cm³/mol. The van der Waals surface area contributed by atoms with Gasteiger partial charge in [0.05, 0.1) is 19.0 Å². The SMILES string of the molecule is COc1c(C)cc(Nc2ncc(F)c(Nc3ccc4c(c3)NC(=O)C(F)(F)O4)n2)cc1S(N)(=O)=O. The zero-order valence-corrected chi connectivity index (χ0v) is 18.8. The van der Waals surface area contributed by atoms with Gasteiger partial charge in [0.25, 0.3) is 0 Å². The summed E-state index contributed by atoms with van der Waals surface area (Å²) in [4.78, 5) is 19.0. The molecule has 2 heterocycles. The van der Waals surface area contributed by atoms with Crippen LogP contribution in [0, 0.1) is 12.7 Å². The van der Waals surface area contributed by atoms with Crippen molar-refractivity contribution in [3.05, 3.63) is 47.9 Å². The molecule has 35 heavy (non-hydrogen) atoms. The number of benzene rings is 2. The number of aromatic nitrogens is 2. The van der Waals surface area contributed by atoms with E-state index >= 15 is 0 Å². The van der Waals surface area contributed by atoms with E-state index in [4.69, 9.17) is 9.88 Å². The van der Waals surface area contributed by atoms with E-state index in [2.05, 4.69) is 25.3 Å². The van der Waals surface area contributed by atoms with Crippen molar-refractivity contribution in [2.75, 3.05) is 23.1 Å². The number of hydrogen-bond acceptors (Lipinski definition) is 9. The summed E-state index contributed by atoms with van der Waals surface area (Å²) in [6.45, 7) is 1.60. The second-order valence-electron chi connectivity index (χ2n) is 7.29. The van der Waals surface area contributed by atoms with Crippen LogP contribution in [-0.2, 0) is 14.8 Å². The van der Waals surface area contributed by atoms with Gasteiger partial charge in [-0.05, 0) is 42.8 Å². The van der Waals surface area contributed by atoms with Gasteiger partial charge >= 0.3 is 12.0 Å². The predicted octanol–water partition coefficient (Wildman–Crippen LogP) is 2.99. The second-order valence-corrected chi connectivity index (χ2v) is 8.82. The van der Waals surface area contributed by atoms with E-state index in [1.807, 2.05) is 5.32 Å². The summed E-state index contributed by atoms with van der Waals surface area (Å²) in [5.41, 5.74) is 0.825. The molecule has 1 aromatic heterocycles. The Morgan fingerprint density at radius 2 is 1.91 bits per heavy atom. The smallest absolute Gasteiger partial charge is 0.482 e. The summed E-state index contributed by atoms with van der Waals surface area (Å²) >= 11 is 0. The highest BCUT2D eigenvalue weighted by Gasteiger charge is 2.46. The Morgan fingerprint density at radius 1 is 1.17 bits per heavy atom. The van der Waals surface area contributed by atoms with Crippen LogP contribution in [0.25, 0.3) is 0 Å². The zero-order chi connectivity index (χ0) is 25.5. The molecule has 1 aliphatic rings. The number of aryl methyl sites for hydroxylation is 1. The summed E-state index contributed by atoms with van der Waals surface area (Å²) in [6, 6.07) is 6.49. The van der Waals surface area contributed by atoms with Crippen LogP contribution >= 0.6 is 0 Å². The lowest BCUT2D eigenvalue weighted by molar-refractivity contribution is -0.189. The van der Waals surface area contributed by atoms with Gasteiger partial charge in [-0.25, -0.2) is 22.9 Å². The molecule has 11 nitrogen and oxygen atoms in total. The Morgan fingerprint density at radius 3 is 2.60 bits per heavy atom. The number of anilines is 5. The first-order chi connectivity index (χ1) is 16.4. The first-order valence-corrected chi connectivity index (χ1v) is 11.2. The van der Waals surface area contributed by atoms with Gasteiger partial charge in [-0.1, -0.05) is 0 Å². The Hall–Kier alpha value is -4.11. The highest BCUT2D eigenvalue weighted by molar-refractivity contribution is 7.89. The summed E-state index contributed by atoms with van der Waals surface area (Å²) in [6.07, 6.45) is -3.15. The minimum Gasteiger partial charge on any atom is -0.495 e. The molecule has 4 rings (SSSR count). The lowest BCUT2D eigenvalue weighted by Crippen LogP contribution is -2.43. The number of carbonyl (C=O) groups is 1. The lowest BCUT2D eigenvalue weighted by Gasteiger charge is -2.25. The molecule has 0 radical (unpaired) electrons. The Labute approximate surface area is 196 Å². The van der Waals surface area contributed by atoms with E-state index in [1.54, 1.807) is 13.0 Å². The Bertz CT molecular complexity index is 1450. The molecule has 15 heteroatoms. The molecule has 3 aromatic rings. The van der Waals surface area contributed by atoms with Gasteiger partial charge in [0, 0.05) is 11.4 Å². The number of nitrogens with one attached hydrogen (secondary N) is 3. The Kier molecular flexibility index (Phi) is 5.90. The van der Waals surface area contributed by atoms with Gasteiger partial charge in [-0.15, -0.1) is 0 Å². The second kappa shape index (κ2) is 8.59. The molecule has 0 spiro atoms. The maximum atomic E-state index is 14.4. The topological polar surface area (TPSA) is 158 Å². The van der Waals surface area contributed by atoms with Gasteiger partial charge in [0.15, 0.2) is 17.4 Å². The average molecular weight is 510 g/mol. The molecule has 184 valence electrons. The van der Waals surface area contributed by atoms with Crippen LogP contribution in [0.5, 0.6) is 11.5 Å². The number of alkyl halides is 2. The monoisotopic (exact) mass is 510 g/mol. The van der Waals surface area contributed by atoms with Crippen molar-refractivity contribution < 1.29 is 35.9 Å². The number of ether oxygens (including phenoxy) is 2. The van der Waals surface area contributed by atoms with Crippen LogP contribution < -0.4 is 30.6 Å². The summed E-state index contributed by atoms with van der Waals surface area (Å²) < 4.78 is 74.5. The molecule has 5 N–H and O–H groups in total. The van der Waals surface area contributed by atoms with E-state index in [0.717, 1.165) is 12.3 Å². The van der Waals surface area contributed by atoms with E-state index in [1.165, 1.54) is 25.3 Å². The number of amides is 1. The third-order valence-corrected chi connectivity index (χ3v) is 5.66. The van der Waals surface area contributed by atoms with E-state index in [-0.39, 0.29) is 45.2 Å². The van der Waals surface area contributed by atoms with Crippen molar-refractivity contribution in [3.63, 3.8) is 0 Å². The molecule has 0 aliphatic carbocycles. The van der Waals surface area contributed by atoms with Crippen LogP contribution in [0.4, 0.5) is 42.0 Å². The zero-order valence-electron chi connectivity index (χ0n) is 18.0. The molecule has 0 unspecified atom stereocenters. The third-order valence-electron chi connectivity index (χ3n) is 4.74. The van der Waals surface area contributed by atoms with Crippen LogP contribution in [0.2, 0.25) is 0 Å². The van der Waals surface area contributed by atoms with Crippen molar-refractivity contribution in [2.24, 2.45) is 5.14 Å². The van der Waals surface area contributed by atoms with Crippen molar-refractivity contribution >= 4 is 44.8 Å². The van der Waals surface area contributed by atoms with Gasteiger partial charge in [-0.3, -0.25) is 4.79 Å². The number of nitrogens with zero attached hydrogens (tertiary/aromatic N) is 2. The minimum absolute atomic E-state index is 0.0528. The first kappa shape index (κ1) is 24.0. The fraction of sp³-hybridized carbons (Fsp3) is 0.150. The number of halogens is 3. The molecule has 0 fully saturated rings. The van der Waals surface area contributed by atoms with E-state index in [9.17, 15) is 26.4 Å². The van der Waals surface area contributed by atoms with Crippen molar-refractivity contribution in [2.45, 2.75) is 17.9 Å². The Balaban J connectivity index is 1.61. The average Bonchev–Trinajstić information content (AvgIpc) is 2.76. The van der Waals surface area contributed by atoms with Gasteiger partial charge in [0.2, 0.25) is 16.0 Å². The first-order valence-electron chi connectivity index (χ1n) is 9.68. The summed E-state index contributed by atoms with van der Waals surface area (Å²) in [7, 11) is -2.82. The fourth-order valence-corrected chi connectivity index (χ4v) is 4.04. The molecular formula is C20H17F3N6O5S. The molecule has 0 atom stereocenters. The highest BCUT2D eigenvalue weighted by atomic mass is 32.2. The fourth-order valence-electron chi connectivity index (χ4n) is 3.24. The summed E-state index contributed by atoms with van der Waals surface area (Å²) in [5.74, 6) is -3.10. The van der Waals surface area contributed by atoms with Crippen molar-refractivity contribution in [1.82, 2.24) is 9.97 Å². The molecule has 0 saturated heterocycles. The number of hydrogen-bond donors (Lipinski definition) is 4. The molecule has 2 aromatic carbocycles. The number of fused-ring (bicyclic) bond motifs is 1. The lowest BCUT2D eigenvalue weighted by atomic mass is 10.2. The van der Waals surface area contributed by atoms with Crippen LogP contribution in [-0.4, -0.2) is 37.5 Å². The number of rotatable bonds is 6. The number of sulfonamides is 1. The van der Waals surface area contributed by atoms with Crippen LogP contribution in [0.3, 0.4) is 0 Å². The standard InChI is InChI=1S/C20H17F3N6O5S/c1-9-5-11(7-15(16(9)33-2)35(24,31)32)27-19-25-8-12(21)17(29-19)26-10-3-4-14-13(6-10)28-18(30)20(22,23)34-14/h3-8H,1-2H3,(H,28,30)(H2,24,31,32)(H2,25,26,27,29). The molecule has 1 amide bonds. The molecule has 1 aliphatic heterocycles. The molecular weight excluding hydrogens is 493 g/mol. The largest absolute Gasteiger partial charge is 0.495 e. The number of carbonyl (C=O) groups excluding carboxylic acids is 1. The highest BCUT2D eigenvalue weighted by Crippen LogP contribution is 2.37. The number of primary sulfonamides is 1. The van der Waals surface area contributed by atoms with Gasteiger partial charge in [-0.2, -0.15) is 13.8 Å². The molecule has 0 saturated carbocycles. The van der Waals surface area contributed by atoms with Gasteiger partial charge < -0.3 is 25.4 Å². The minimum atomic E-state index is -4.12. The van der Waals surface area contributed by atoms with Crippen LogP contribution in [0.1, 0.15) is 5.56 Å². The van der Waals surface area contributed by atoms with E-state index < -0.39 is 27.9 Å². The maximum absolute atomic E-state index is 14.4. The number of nitrogens with two attached hydrogens (primary N) is 1.